The van der Waals surface area contributed by atoms with E-state index in [1.54, 1.807) is 0 Å². The third kappa shape index (κ3) is 3.26. The van der Waals surface area contributed by atoms with Gasteiger partial charge in [0.1, 0.15) is 5.82 Å². The lowest BCUT2D eigenvalue weighted by Gasteiger charge is -2.39. The Bertz CT molecular complexity index is 640. The molecule has 0 atom stereocenters. The van der Waals surface area contributed by atoms with Crippen LogP contribution in [0.1, 0.15) is 30.4 Å². The van der Waals surface area contributed by atoms with Crippen LogP contribution in [0, 0.1) is 5.82 Å². The minimum atomic E-state index is -0.214. The number of hydrogen-bond acceptors (Lipinski definition) is 2. The molecule has 0 unspecified atom stereocenters. The second-order valence-corrected chi connectivity index (χ2v) is 6.18. The molecule has 3 rings (SSSR count). The summed E-state index contributed by atoms with van der Waals surface area (Å²) in [5.41, 5.74) is 2.87. The van der Waals surface area contributed by atoms with Crippen molar-refractivity contribution in [3.8, 4) is 0 Å². The summed E-state index contributed by atoms with van der Waals surface area (Å²) in [7, 11) is 0. The topological polar surface area (TPSA) is 23.5 Å². The van der Waals surface area contributed by atoms with Gasteiger partial charge < -0.3 is 10.0 Å². The van der Waals surface area contributed by atoms with Gasteiger partial charge in [-0.25, -0.2) is 4.39 Å². The van der Waals surface area contributed by atoms with E-state index >= 15 is 0 Å². The van der Waals surface area contributed by atoms with Gasteiger partial charge in [0.2, 0.25) is 0 Å². The van der Waals surface area contributed by atoms with Crippen LogP contribution in [0.3, 0.4) is 0 Å². The second kappa shape index (κ2) is 6.67. The van der Waals surface area contributed by atoms with Crippen molar-refractivity contribution in [3.63, 3.8) is 0 Å². The molecule has 1 N–H and O–H groups in total. The molecule has 2 aromatic rings. The van der Waals surface area contributed by atoms with E-state index < -0.39 is 0 Å². The van der Waals surface area contributed by atoms with E-state index in [-0.39, 0.29) is 12.4 Å². The first-order chi connectivity index (χ1) is 10.7. The van der Waals surface area contributed by atoms with Crippen molar-refractivity contribution in [3.05, 3.63) is 64.4 Å². The fourth-order valence-electron chi connectivity index (χ4n) is 2.76. The molecule has 0 amide bonds. The van der Waals surface area contributed by atoms with Gasteiger partial charge in [0.25, 0.3) is 0 Å². The fraction of sp³-hybridized carbons (Fsp3) is 0.333. The number of aliphatic hydroxyl groups is 1. The van der Waals surface area contributed by atoms with Gasteiger partial charge in [-0.05, 0) is 54.7 Å². The highest BCUT2D eigenvalue weighted by molar-refractivity contribution is 6.31. The molecule has 0 aromatic heterocycles. The third-order valence-electron chi connectivity index (χ3n) is 4.32. The van der Waals surface area contributed by atoms with Crippen molar-refractivity contribution in [2.24, 2.45) is 0 Å². The number of anilines is 1. The maximum absolute atomic E-state index is 13.1. The van der Waals surface area contributed by atoms with Crippen LogP contribution in [-0.4, -0.2) is 11.1 Å². The summed E-state index contributed by atoms with van der Waals surface area (Å²) in [6.07, 6.45) is 3.58. The molecular formula is C18H19ClFNO. The summed E-state index contributed by atoms with van der Waals surface area (Å²) in [4.78, 5) is 2.32. The third-order valence-corrected chi connectivity index (χ3v) is 4.67. The lowest BCUT2D eigenvalue weighted by molar-refractivity contribution is 0.282. The molecule has 0 radical (unpaired) electrons. The molecule has 116 valence electrons. The van der Waals surface area contributed by atoms with E-state index in [2.05, 4.69) is 4.90 Å². The number of benzene rings is 2. The van der Waals surface area contributed by atoms with Crippen molar-refractivity contribution in [1.82, 2.24) is 0 Å². The predicted molar refractivity (Wildman–Crippen MR) is 87.6 cm³/mol. The maximum atomic E-state index is 13.1. The average molecular weight is 320 g/mol. The zero-order valence-electron chi connectivity index (χ0n) is 12.3. The lowest BCUT2D eigenvalue weighted by atomic mass is 9.90. The number of rotatable bonds is 5. The Hall–Kier alpha value is -1.58. The number of aliphatic hydroxyl groups excluding tert-OH is 1. The molecule has 0 spiro atoms. The molecule has 0 saturated heterocycles. The minimum Gasteiger partial charge on any atom is -0.392 e. The van der Waals surface area contributed by atoms with Crippen molar-refractivity contribution < 1.29 is 9.50 Å². The SMILES string of the molecule is OCc1ccc(N(Cc2ccc(F)cc2)C2CCC2)cc1Cl. The minimum absolute atomic E-state index is 0.0551. The highest BCUT2D eigenvalue weighted by Crippen LogP contribution is 2.33. The Kier molecular flexibility index (Phi) is 4.65. The maximum Gasteiger partial charge on any atom is 0.123 e. The van der Waals surface area contributed by atoms with Crippen LogP contribution in [0.15, 0.2) is 42.5 Å². The molecule has 4 heteroatoms. The smallest absolute Gasteiger partial charge is 0.123 e. The quantitative estimate of drug-likeness (QED) is 0.875. The summed E-state index contributed by atoms with van der Waals surface area (Å²) in [6, 6.07) is 12.9. The van der Waals surface area contributed by atoms with Gasteiger partial charge in [-0.2, -0.15) is 0 Å². The van der Waals surface area contributed by atoms with Crippen molar-refractivity contribution >= 4 is 17.3 Å². The summed E-state index contributed by atoms with van der Waals surface area (Å²) in [5.74, 6) is -0.214. The largest absolute Gasteiger partial charge is 0.392 e. The molecular weight excluding hydrogens is 301 g/mol. The summed E-state index contributed by atoms with van der Waals surface area (Å²) in [5, 5.41) is 9.83. The normalized spacial score (nSPS) is 14.7. The molecule has 2 nitrogen and oxygen atoms in total. The predicted octanol–water partition coefficient (Wildman–Crippen LogP) is 4.53. The van der Waals surface area contributed by atoms with E-state index in [4.69, 9.17) is 11.6 Å². The zero-order chi connectivity index (χ0) is 15.5. The highest BCUT2D eigenvalue weighted by Gasteiger charge is 2.25. The highest BCUT2D eigenvalue weighted by atomic mass is 35.5. The first kappa shape index (κ1) is 15.3. The molecule has 2 aromatic carbocycles. The first-order valence-corrected chi connectivity index (χ1v) is 7.95. The fourth-order valence-corrected chi connectivity index (χ4v) is 2.99. The van der Waals surface area contributed by atoms with Crippen LogP contribution in [0.2, 0.25) is 5.02 Å². The average Bonchev–Trinajstić information content (AvgIpc) is 2.47. The van der Waals surface area contributed by atoms with Gasteiger partial charge >= 0.3 is 0 Å². The van der Waals surface area contributed by atoms with Gasteiger partial charge in [-0.3, -0.25) is 0 Å². The van der Waals surface area contributed by atoms with E-state index in [1.165, 1.54) is 31.4 Å². The van der Waals surface area contributed by atoms with E-state index in [9.17, 15) is 9.50 Å². The first-order valence-electron chi connectivity index (χ1n) is 7.58. The van der Waals surface area contributed by atoms with Crippen LogP contribution < -0.4 is 4.90 Å². The molecule has 22 heavy (non-hydrogen) atoms. The molecule has 0 aliphatic heterocycles. The van der Waals surface area contributed by atoms with Crippen molar-refractivity contribution in [2.45, 2.75) is 38.5 Å². The Balaban J connectivity index is 1.86. The van der Waals surface area contributed by atoms with Gasteiger partial charge in [-0.15, -0.1) is 0 Å². The Morgan fingerprint density at radius 3 is 2.41 bits per heavy atom. The number of hydrogen-bond donors (Lipinski definition) is 1. The van der Waals surface area contributed by atoms with Gasteiger partial charge in [0.05, 0.1) is 6.61 Å². The van der Waals surface area contributed by atoms with Crippen LogP contribution in [0.5, 0.6) is 0 Å². The van der Waals surface area contributed by atoms with E-state index in [0.29, 0.717) is 11.1 Å². The monoisotopic (exact) mass is 319 g/mol. The standard InChI is InChI=1S/C18H19ClFNO/c19-18-10-17(9-6-14(18)12-22)21(16-2-1-3-16)11-13-4-7-15(20)8-5-13/h4-10,16,22H,1-3,11-12H2. The van der Waals surface area contributed by atoms with E-state index in [1.807, 2.05) is 30.3 Å². The molecule has 0 bridgehead atoms. The zero-order valence-corrected chi connectivity index (χ0v) is 13.1. The second-order valence-electron chi connectivity index (χ2n) is 5.77. The molecule has 1 saturated carbocycles. The Morgan fingerprint density at radius 2 is 1.86 bits per heavy atom. The van der Waals surface area contributed by atoms with Crippen LogP contribution in [-0.2, 0) is 13.2 Å². The van der Waals surface area contributed by atoms with Gasteiger partial charge in [0.15, 0.2) is 0 Å². The van der Waals surface area contributed by atoms with Gasteiger partial charge in [-0.1, -0.05) is 29.8 Å². The molecule has 1 aliphatic rings. The lowest BCUT2D eigenvalue weighted by Crippen LogP contribution is -2.39. The Labute approximate surface area is 135 Å². The van der Waals surface area contributed by atoms with Crippen LogP contribution in [0.25, 0.3) is 0 Å². The molecule has 0 heterocycles. The summed E-state index contributed by atoms with van der Waals surface area (Å²) < 4.78 is 13.1. The molecule has 1 fully saturated rings. The Morgan fingerprint density at radius 1 is 1.14 bits per heavy atom. The van der Waals surface area contributed by atoms with Gasteiger partial charge in [0, 0.05) is 23.3 Å². The van der Waals surface area contributed by atoms with Crippen molar-refractivity contribution in [1.29, 1.82) is 0 Å². The number of nitrogens with zero attached hydrogens (tertiary/aromatic N) is 1. The van der Waals surface area contributed by atoms with E-state index in [0.717, 1.165) is 23.4 Å². The van der Waals surface area contributed by atoms with Crippen LogP contribution in [0.4, 0.5) is 10.1 Å². The van der Waals surface area contributed by atoms with Crippen molar-refractivity contribution in [2.75, 3.05) is 4.90 Å². The molecule has 1 aliphatic carbocycles. The van der Waals surface area contributed by atoms with Crippen LogP contribution >= 0.6 is 11.6 Å². The summed E-state index contributed by atoms with van der Waals surface area (Å²) >= 11 is 6.23. The number of halogens is 2. The summed E-state index contributed by atoms with van der Waals surface area (Å²) in [6.45, 7) is 0.681.